The van der Waals surface area contributed by atoms with Crippen molar-refractivity contribution in [3.63, 3.8) is 0 Å². The summed E-state index contributed by atoms with van der Waals surface area (Å²) in [4.78, 5) is 11.0. The molecule has 0 saturated carbocycles. The number of nitrogens with zero attached hydrogens (tertiary/aromatic N) is 3. The van der Waals surface area contributed by atoms with E-state index >= 15 is 0 Å². The van der Waals surface area contributed by atoms with Gasteiger partial charge in [-0.25, -0.2) is 9.97 Å². The lowest BCUT2D eigenvalue weighted by Gasteiger charge is -2.15. The molecule has 0 bridgehead atoms. The minimum absolute atomic E-state index is 0. The maximum atomic E-state index is 5.65. The van der Waals surface area contributed by atoms with Gasteiger partial charge in [0, 0.05) is 29.4 Å². The third-order valence-corrected chi connectivity index (χ3v) is 11.8. The number of rotatable bonds is 9. The van der Waals surface area contributed by atoms with Gasteiger partial charge in [0.25, 0.3) is 0 Å². The number of aromatic amines is 1. The van der Waals surface area contributed by atoms with Crippen LogP contribution < -0.4 is 0 Å². The predicted molar refractivity (Wildman–Crippen MR) is 179 cm³/mol. The number of aromatic nitrogens is 4. The van der Waals surface area contributed by atoms with Gasteiger partial charge < -0.3 is 14.5 Å². The third kappa shape index (κ3) is 21.4. The highest BCUT2D eigenvalue weighted by molar-refractivity contribution is 9.13. The molecule has 1 N–H and O–H groups in total. The zero-order valence-corrected chi connectivity index (χ0v) is 31.8. The van der Waals surface area contributed by atoms with Crippen molar-refractivity contribution in [1.82, 2.24) is 19.5 Å². The maximum Gasteiger partial charge on any atom is 0.181 e. The van der Waals surface area contributed by atoms with Crippen molar-refractivity contribution < 1.29 is 9.47 Å². The van der Waals surface area contributed by atoms with Gasteiger partial charge in [0.1, 0.15) is 31.2 Å². The van der Waals surface area contributed by atoms with Crippen LogP contribution in [0.5, 0.6) is 0 Å². The van der Waals surface area contributed by atoms with E-state index in [9.17, 15) is 0 Å². The highest BCUT2D eigenvalue weighted by Crippen LogP contribution is 2.26. The van der Waals surface area contributed by atoms with E-state index in [2.05, 4.69) is 150 Å². The zero-order chi connectivity index (χ0) is 25.8. The number of hydrogen-bond acceptors (Lipinski definition) is 4. The number of imidazole rings is 2. The Balaban J connectivity index is -0.000000463. The molecule has 0 aliphatic heterocycles. The minimum Gasteiger partial charge on any atom is -0.366 e. The van der Waals surface area contributed by atoms with Crippen LogP contribution in [0.25, 0.3) is 0 Å². The first-order valence-electron chi connectivity index (χ1n) is 9.92. The Bertz CT molecular complexity index is 810. The summed E-state index contributed by atoms with van der Waals surface area (Å²) in [6.45, 7) is 16.2. The van der Waals surface area contributed by atoms with Gasteiger partial charge in [-0.05, 0) is 108 Å². The number of nitrogens with one attached hydrogen (secondary N) is 1. The Morgan fingerprint density at radius 2 is 1.29 bits per heavy atom. The first-order valence-corrected chi connectivity index (χ1v) is 22.6. The molecule has 0 fully saturated rings. The largest absolute Gasteiger partial charge is 0.366 e. The van der Waals surface area contributed by atoms with Gasteiger partial charge in [-0.3, -0.25) is 4.57 Å². The average Bonchev–Trinajstić information content (AvgIpc) is 3.08. The number of alkyl halides is 1. The van der Waals surface area contributed by atoms with Crippen LogP contribution in [0.3, 0.4) is 0 Å². The molecule has 35 heavy (non-hydrogen) atoms. The fourth-order valence-electron chi connectivity index (χ4n) is 1.76. The van der Waals surface area contributed by atoms with E-state index in [-0.39, 0.29) is 14.9 Å². The lowest BCUT2D eigenvalue weighted by molar-refractivity contribution is 0.0841. The first kappa shape index (κ1) is 41.4. The predicted octanol–water partition coefficient (Wildman–Crippen LogP) is 11.0. The van der Waals surface area contributed by atoms with Gasteiger partial charge in [0.15, 0.2) is 9.47 Å². The molecule has 6 nitrogen and oxygen atoms in total. The second-order valence-corrected chi connectivity index (χ2v) is 25.2. The smallest absolute Gasteiger partial charge is 0.181 e. The normalized spacial score (nSPS) is 10.9. The standard InChI is InChI=1S/C9H15Br3N2OSi.C6H15ClOSi.C3HBr3N2.2CH4/c1-16(2,3)5-4-15-6-14-8(11)7(10)13-9(14)12;1-9(2,3)5-4-8-6-7;4-1-2(5)8-3(6)7-1;;/h4-6H2,1-3H3;4-6H2,1-3H3;(H,7,8);2*1H4. The second kappa shape index (κ2) is 20.8. The summed E-state index contributed by atoms with van der Waals surface area (Å²) in [6.07, 6.45) is 0. The van der Waals surface area contributed by atoms with Gasteiger partial charge >= 0.3 is 0 Å². The van der Waals surface area contributed by atoms with Crippen LogP contribution in [0.4, 0.5) is 0 Å². The summed E-state index contributed by atoms with van der Waals surface area (Å²) < 4.78 is 17.4. The van der Waals surface area contributed by atoms with Crippen molar-refractivity contribution in [3.8, 4) is 0 Å². The monoisotopic (exact) mass is 932 g/mol. The number of hydrogen-bond donors (Lipinski definition) is 1. The number of H-pyrrole nitrogens is 1. The van der Waals surface area contributed by atoms with E-state index in [1.54, 1.807) is 0 Å². The highest BCUT2D eigenvalue weighted by atomic mass is 79.9. The van der Waals surface area contributed by atoms with Gasteiger partial charge in [-0.2, -0.15) is 0 Å². The maximum absolute atomic E-state index is 5.65. The molecular weight excluding hydrogens is 899 g/mol. The zero-order valence-electron chi connectivity index (χ0n) is 19.5. The SMILES string of the molecule is Brc1nc(Br)c(Br)[nH]1.C.C.C[Si](C)(C)CCOCCl.C[Si](C)(C)CCOCn1c(Br)nc(Br)c1Br. The summed E-state index contributed by atoms with van der Waals surface area (Å²) in [5.74, 6) is 0. The van der Waals surface area contributed by atoms with Crippen molar-refractivity contribution in [2.45, 2.75) is 73.0 Å². The molecule has 0 amide bonds. The van der Waals surface area contributed by atoms with Crippen molar-refractivity contribution in [3.05, 3.63) is 27.9 Å². The van der Waals surface area contributed by atoms with E-state index in [0.29, 0.717) is 12.8 Å². The molecule has 15 heteroatoms. The van der Waals surface area contributed by atoms with Gasteiger partial charge in [-0.15, -0.1) is 0 Å². The number of ether oxygens (including phenoxy) is 2. The van der Waals surface area contributed by atoms with Crippen LogP contribution in [-0.4, -0.2) is 54.9 Å². The Morgan fingerprint density at radius 1 is 0.800 bits per heavy atom. The van der Waals surface area contributed by atoms with Gasteiger partial charge in [0.2, 0.25) is 0 Å². The van der Waals surface area contributed by atoms with Crippen LogP contribution in [-0.2, 0) is 16.2 Å². The fourth-order valence-corrected chi connectivity index (χ4v) is 6.49. The van der Waals surface area contributed by atoms with Crippen molar-refractivity contribution >= 4 is 123 Å². The molecule has 2 heterocycles. The molecular formula is C20H39Br6ClN4O2Si2. The highest BCUT2D eigenvalue weighted by Gasteiger charge is 2.14. The molecule has 0 saturated heterocycles. The fraction of sp³-hybridized carbons (Fsp3) is 0.700. The van der Waals surface area contributed by atoms with E-state index in [4.69, 9.17) is 21.1 Å². The molecule has 208 valence electrons. The first-order chi connectivity index (χ1) is 15.1. The van der Waals surface area contributed by atoms with E-state index in [0.717, 1.165) is 41.1 Å². The lowest BCUT2D eigenvalue weighted by atomic mass is 10.8. The molecule has 0 aromatic carbocycles. The lowest BCUT2D eigenvalue weighted by Crippen LogP contribution is -2.22. The van der Waals surface area contributed by atoms with Gasteiger partial charge in [0.05, 0.1) is 0 Å². The molecule has 0 aliphatic carbocycles. The number of halogens is 7. The Kier molecular flexibility index (Phi) is 24.6. The van der Waals surface area contributed by atoms with Gasteiger partial charge in [-0.1, -0.05) is 65.7 Å². The Morgan fingerprint density at radius 3 is 1.57 bits per heavy atom. The summed E-state index contributed by atoms with van der Waals surface area (Å²) in [7, 11) is -1.88. The van der Waals surface area contributed by atoms with Crippen molar-refractivity contribution in [2.75, 3.05) is 19.3 Å². The molecule has 0 radical (unpaired) electrons. The topological polar surface area (TPSA) is 65.0 Å². The van der Waals surface area contributed by atoms with Crippen LogP contribution >= 0.6 is 107 Å². The summed E-state index contributed by atoms with van der Waals surface area (Å²) in [6, 6.07) is 2.72. The van der Waals surface area contributed by atoms with E-state index in [1.807, 2.05) is 4.57 Å². The molecule has 2 rings (SSSR count). The van der Waals surface area contributed by atoms with E-state index < -0.39 is 16.1 Å². The molecule has 2 aromatic rings. The summed E-state index contributed by atoms with van der Waals surface area (Å²) in [5, 5.41) is 0. The third-order valence-electron chi connectivity index (χ3n) is 3.70. The second-order valence-electron chi connectivity index (χ2n) is 9.20. The molecule has 0 aliphatic rings. The van der Waals surface area contributed by atoms with Crippen LogP contribution in [0.2, 0.25) is 51.4 Å². The van der Waals surface area contributed by atoms with E-state index in [1.165, 1.54) is 12.1 Å². The minimum atomic E-state index is -1.000. The summed E-state index contributed by atoms with van der Waals surface area (Å²) in [5.41, 5.74) is 0. The Labute approximate surface area is 269 Å². The molecule has 0 spiro atoms. The van der Waals surface area contributed by atoms with Crippen molar-refractivity contribution in [2.24, 2.45) is 0 Å². The molecule has 2 aromatic heterocycles. The van der Waals surface area contributed by atoms with Crippen molar-refractivity contribution in [1.29, 1.82) is 0 Å². The average molecular weight is 939 g/mol. The van der Waals surface area contributed by atoms with Crippen LogP contribution in [0, 0.1) is 0 Å². The molecule has 0 atom stereocenters. The van der Waals surface area contributed by atoms with Crippen LogP contribution in [0.15, 0.2) is 27.9 Å². The Hall–Kier alpha value is 1.94. The summed E-state index contributed by atoms with van der Waals surface area (Å²) >= 11 is 25.1. The molecule has 0 unspecified atom stereocenters. The quantitative estimate of drug-likeness (QED) is 0.155. The van der Waals surface area contributed by atoms with Crippen LogP contribution in [0.1, 0.15) is 14.9 Å².